The minimum atomic E-state index is -1.30. The highest BCUT2D eigenvalue weighted by molar-refractivity contribution is 5.98. The van der Waals surface area contributed by atoms with E-state index in [1.165, 1.54) is 6.07 Å². The number of hydrogen-bond donors (Lipinski definition) is 4. The van der Waals surface area contributed by atoms with Crippen molar-refractivity contribution in [2.45, 2.75) is 44.4 Å². The van der Waals surface area contributed by atoms with Crippen LogP contribution in [0.4, 0.5) is 4.79 Å². The lowest BCUT2D eigenvalue weighted by atomic mass is 10.1. The molecule has 0 aromatic heterocycles. The van der Waals surface area contributed by atoms with Crippen molar-refractivity contribution in [3.63, 3.8) is 0 Å². The largest absolute Gasteiger partial charge is 0.481 e. The summed E-state index contributed by atoms with van der Waals surface area (Å²) in [7, 11) is 0. The second-order valence-corrected chi connectivity index (χ2v) is 7.81. The molecule has 2 aliphatic rings. The summed E-state index contributed by atoms with van der Waals surface area (Å²) in [6.45, 7) is -0.371. The summed E-state index contributed by atoms with van der Waals surface area (Å²) in [4.78, 5) is 73.8. The monoisotopic (exact) mass is 475 g/mol. The zero-order chi connectivity index (χ0) is 24.8. The molecule has 34 heavy (non-hydrogen) atoms. The summed E-state index contributed by atoms with van der Waals surface area (Å²) in [5, 5.41) is 23.7. The molecule has 4 N–H and O–H groups in total. The maximum Gasteiger partial charge on any atom is 0.358 e. The number of urea groups is 1. The van der Waals surface area contributed by atoms with Gasteiger partial charge in [0.15, 0.2) is 0 Å². The molecule has 2 heterocycles. The highest BCUT2D eigenvalue weighted by atomic mass is 16.4. The number of aliphatic hydroxyl groups is 1. The molecule has 2 saturated heterocycles. The summed E-state index contributed by atoms with van der Waals surface area (Å²) < 4.78 is 0. The highest BCUT2D eigenvalue weighted by Crippen LogP contribution is 2.24. The molecule has 0 bridgehead atoms. The van der Waals surface area contributed by atoms with E-state index < -0.39 is 54.8 Å². The third kappa shape index (κ3) is 5.31. The van der Waals surface area contributed by atoms with E-state index >= 15 is 0 Å². The van der Waals surface area contributed by atoms with Crippen LogP contribution >= 0.6 is 0 Å². The molecule has 0 radical (unpaired) electrons. The molecule has 182 valence electrons. The van der Waals surface area contributed by atoms with E-state index in [1.54, 1.807) is 18.2 Å². The van der Waals surface area contributed by atoms with Gasteiger partial charge in [-0.05, 0) is 24.5 Å². The number of aldehydes is 1. The molecule has 0 unspecified atom stereocenters. The van der Waals surface area contributed by atoms with Gasteiger partial charge < -0.3 is 20.3 Å². The van der Waals surface area contributed by atoms with Gasteiger partial charge in [0.2, 0.25) is 11.8 Å². The molecule has 2 aliphatic heterocycles. The number of hydrogen-bond acceptors (Lipinski definition) is 7. The fourth-order valence-electron chi connectivity index (χ4n) is 3.88. The van der Waals surface area contributed by atoms with Crippen molar-refractivity contribution in [1.29, 1.82) is 0 Å². The average molecular weight is 475 g/mol. The lowest BCUT2D eigenvalue weighted by molar-refractivity contribution is -0.155. The van der Waals surface area contributed by atoms with Crippen LogP contribution in [0.2, 0.25) is 0 Å². The van der Waals surface area contributed by atoms with E-state index in [2.05, 4.69) is 10.7 Å². The Bertz CT molecular complexity index is 999. The number of amides is 5. The van der Waals surface area contributed by atoms with Gasteiger partial charge in [0.1, 0.15) is 12.3 Å². The number of nitrogens with zero attached hydrogens (tertiary/aromatic N) is 3. The van der Waals surface area contributed by atoms with Gasteiger partial charge in [0.05, 0.1) is 25.6 Å². The molecular formula is C21H25N5O8. The van der Waals surface area contributed by atoms with Crippen molar-refractivity contribution in [1.82, 2.24) is 25.8 Å². The van der Waals surface area contributed by atoms with Crippen molar-refractivity contribution in [3.8, 4) is 0 Å². The predicted molar refractivity (Wildman–Crippen MR) is 113 cm³/mol. The van der Waals surface area contributed by atoms with Crippen molar-refractivity contribution >= 4 is 36.0 Å². The van der Waals surface area contributed by atoms with Crippen LogP contribution in [0.3, 0.4) is 0 Å². The molecular weight excluding hydrogens is 450 g/mol. The van der Waals surface area contributed by atoms with Gasteiger partial charge in [0, 0.05) is 18.5 Å². The summed E-state index contributed by atoms with van der Waals surface area (Å²) in [5.74, 6) is -3.20. The Morgan fingerprint density at radius 3 is 2.59 bits per heavy atom. The molecule has 2 fully saturated rings. The number of nitrogens with one attached hydrogen (secondary N) is 2. The number of rotatable bonds is 8. The Morgan fingerprint density at radius 2 is 1.91 bits per heavy atom. The topological polar surface area (TPSA) is 177 Å². The number of carboxylic acid groups (broad SMARTS) is 1. The first-order valence-electron chi connectivity index (χ1n) is 10.6. The van der Waals surface area contributed by atoms with Gasteiger partial charge >= 0.3 is 12.0 Å². The van der Waals surface area contributed by atoms with Crippen molar-refractivity contribution in [2.75, 3.05) is 13.1 Å². The van der Waals surface area contributed by atoms with Gasteiger partial charge in [-0.1, -0.05) is 18.2 Å². The van der Waals surface area contributed by atoms with Gasteiger partial charge in [-0.25, -0.2) is 19.8 Å². The molecule has 3 rings (SSSR count). The lowest BCUT2D eigenvalue weighted by Gasteiger charge is -2.42. The normalized spacial score (nSPS) is 19.1. The zero-order valence-electron chi connectivity index (χ0n) is 18.2. The number of carbonyl (C=O) groups is 6. The molecule has 2 atom stereocenters. The van der Waals surface area contributed by atoms with E-state index in [-0.39, 0.29) is 37.8 Å². The van der Waals surface area contributed by atoms with Crippen LogP contribution in [0.5, 0.6) is 0 Å². The molecule has 13 nitrogen and oxygen atoms in total. The third-order valence-corrected chi connectivity index (χ3v) is 5.52. The van der Waals surface area contributed by atoms with Crippen LogP contribution in [-0.2, 0) is 25.8 Å². The molecule has 0 aliphatic carbocycles. The molecule has 13 heteroatoms. The first kappa shape index (κ1) is 24.6. The number of benzene rings is 1. The van der Waals surface area contributed by atoms with Gasteiger partial charge in [0.25, 0.3) is 5.91 Å². The third-order valence-electron chi connectivity index (χ3n) is 5.52. The lowest BCUT2D eigenvalue weighted by Crippen LogP contribution is -2.64. The minimum Gasteiger partial charge on any atom is -0.481 e. The van der Waals surface area contributed by atoms with E-state index in [1.807, 2.05) is 0 Å². The van der Waals surface area contributed by atoms with Crippen LogP contribution in [0.1, 0.15) is 41.6 Å². The Morgan fingerprint density at radius 1 is 1.18 bits per heavy atom. The highest BCUT2D eigenvalue weighted by Gasteiger charge is 2.44. The summed E-state index contributed by atoms with van der Waals surface area (Å²) in [6.07, 6.45) is 0.0935. The number of aliphatic carboxylic acids is 1. The Labute approximate surface area is 194 Å². The molecule has 0 spiro atoms. The maximum atomic E-state index is 13.3. The van der Waals surface area contributed by atoms with Crippen molar-refractivity contribution in [3.05, 3.63) is 35.4 Å². The summed E-state index contributed by atoms with van der Waals surface area (Å²) in [5.41, 5.74) is 2.92. The standard InChI is InChI=1S/C21H25N5O8/c27-11-13-4-1-2-5-15(13)19(32)23-24-9-7-17(29)25-8-3-6-16(26(25)21(24)34)20(33)22-14(12-28)10-18(30)31/h1-2,4-5,12,14,16,27H,3,6-11H2,(H,22,33)(H,23,32)(H,30,31)/t14-,16-/m0/s1. The molecule has 0 saturated carbocycles. The maximum absolute atomic E-state index is 13.3. The molecule has 1 aromatic carbocycles. The van der Waals surface area contributed by atoms with E-state index in [0.29, 0.717) is 12.0 Å². The smallest absolute Gasteiger partial charge is 0.358 e. The zero-order valence-corrected chi connectivity index (χ0v) is 18.2. The van der Waals surface area contributed by atoms with Gasteiger partial charge in [-0.2, -0.15) is 0 Å². The van der Waals surface area contributed by atoms with E-state index in [9.17, 15) is 33.9 Å². The van der Waals surface area contributed by atoms with Gasteiger partial charge in [-0.3, -0.25) is 24.6 Å². The van der Waals surface area contributed by atoms with Crippen LogP contribution < -0.4 is 10.7 Å². The number of hydrazine groups is 2. The van der Waals surface area contributed by atoms with Crippen LogP contribution in [0.25, 0.3) is 0 Å². The summed E-state index contributed by atoms with van der Waals surface area (Å²) >= 11 is 0. The fraction of sp³-hybridized carbons (Fsp3) is 0.429. The minimum absolute atomic E-state index is 0.117. The fourth-order valence-corrected chi connectivity index (χ4v) is 3.88. The number of carboxylic acids is 1. The predicted octanol–water partition coefficient (Wildman–Crippen LogP) is -0.984. The second kappa shape index (κ2) is 10.7. The quantitative estimate of drug-likeness (QED) is 0.347. The average Bonchev–Trinajstić information content (AvgIpc) is 2.95. The number of fused-ring (bicyclic) bond motifs is 1. The van der Waals surface area contributed by atoms with Crippen LogP contribution in [0.15, 0.2) is 24.3 Å². The first-order chi connectivity index (χ1) is 16.3. The Kier molecular flexibility index (Phi) is 7.79. The van der Waals surface area contributed by atoms with Crippen molar-refractivity contribution < 1.29 is 39.0 Å². The molecule has 5 amide bonds. The van der Waals surface area contributed by atoms with Gasteiger partial charge in [-0.15, -0.1) is 0 Å². The molecule has 1 aromatic rings. The second-order valence-electron chi connectivity index (χ2n) is 7.81. The first-order valence-corrected chi connectivity index (χ1v) is 10.6. The van der Waals surface area contributed by atoms with Crippen LogP contribution in [-0.4, -0.2) is 86.4 Å². The number of aliphatic hydroxyl groups excluding tert-OH is 1. The van der Waals surface area contributed by atoms with E-state index in [0.717, 1.165) is 15.0 Å². The number of carbonyl (C=O) groups excluding carboxylic acids is 5. The van der Waals surface area contributed by atoms with E-state index in [4.69, 9.17) is 5.11 Å². The van der Waals surface area contributed by atoms with Crippen LogP contribution in [0, 0.1) is 0 Å². The Hall–Kier alpha value is -4.00. The van der Waals surface area contributed by atoms with Crippen molar-refractivity contribution in [2.24, 2.45) is 0 Å². The Balaban J connectivity index is 1.83. The SMILES string of the molecule is O=C[C@H](CC(=O)O)NC(=O)[C@@H]1CCCN2C(=O)CCN(NC(=O)c3ccccc3CO)C(=O)N12. The summed E-state index contributed by atoms with van der Waals surface area (Å²) in [6, 6.07) is 2.93.